The maximum Gasteiger partial charge on any atom is 0.261 e. The van der Waals surface area contributed by atoms with E-state index in [2.05, 4.69) is 42.1 Å². The van der Waals surface area contributed by atoms with Gasteiger partial charge in [-0.2, -0.15) is 0 Å². The topological polar surface area (TPSA) is 80.9 Å². The summed E-state index contributed by atoms with van der Waals surface area (Å²) in [6.07, 6.45) is 9.47. The number of benzene rings is 1. The van der Waals surface area contributed by atoms with Crippen LogP contribution in [0.3, 0.4) is 0 Å². The van der Waals surface area contributed by atoms with Crippen LogP contribution in [-0.4, -0.2) is 51.6 Å². The second-order valence-electron chi connectivity index (χ2n) is 10.9. The van der Waals surface area contributed by atoms with Crippen LogP contribution in [0.25, 0.3) is 17.0 Å². The molecule has 0 spiro atoms. The number of imidazole rings is 1. The Morgan fingerprint density at radius 1 is 1.23 bits per heavy atom. The minimum Gasteiger partial charge on any atom is -0.377 e. The van der Waals surface area contributed by atoms with E-state index in [1.165, 1.54) is 6.42 Å². The van der Waals surface area contributed by atoms with E-state index in [1.54, 1.807) is 10.5 Å². The summed E-state index contributed by atoms with van der Waals surface area (Å²) < 4.78 is 9.23. The third kappa shape index (κ3) is 6.44. The van der Waals surface area contributed by atoms with Crippen molar-refractivity contribution in [3.05, 3.63) is 64.2 Å². The quantitative estimate of drug-likeness (QED) is 0.231. The Morgan fingerprint density at radius 2 is 1.95 bits per heavy atom. The smallest absolute Gasteiger partial charge is 0.261 e. The van der Waals surface area contributed by atoms with Gasteiger partial charge in [0.15, 0.2) is 0 Å². The second kappa shape index (κ2) is 13.5. The molecule has 2 aromatic heterocycles. The molecule has 1 unspecified atom stereocenters. The van der Waals surface area contributed by atoms with Crippen LogP contribution in [0.1, 0.15) is 65.7 Å². The van der Waals surface area contributed by atoms with Gasteiger partial charge in [0.2, 0.25) is 5.78 Å². The van der Waals surface area contributed by atoms with Crippen LogP contribution in [0, 0.1) is 0 Å². The molecule has 4 heterocycles. The first-order valence-electron chi connectivity index (χ1n) is 14.5. The average Bonchev–Trinajstić information content (AvgIpc) is 3.58. The van der Waals surface area contributed by atoms with Gasteiger partial charge in [0.05, 0.1) is 30.5 Å². The average molecular weight is 568 g/mol. The molecule has 40 heavy (non-hydrogen) atoms. The molecule has 5 rings (SSSR count). The Balaban J connectivity index is 0.00000118. The SMILES string of the molecule is C=C(NC1(CC=O)COC1)C1CCCN1c1cc(=O)n2cc(-c3ccc(Cl)cc3)nc2n1CCCCC.CCC. The van der Waals surface area contributed by atoms with E-state index in [1.807, 2.05) is 30.5 Å². The van der Waals surface area contributed by atoms with Gasteiger partial charge in [-0.3, -0.25) is 13.8 Å². The number of aldehydes is 1. The number of nitrogens with zero attached hydrogens (tertiary/aromatic N) is 4. The lowest BCUT2D eigenvalue weighted by atomic mass is 9.92. The van der Waals surface area contributed by atoms with E-state index in [4.69, 9.17) is 21.3 Å². The van der Waals surface area contributed by atoms with Gasteiger partial charge in [0, 0.05) is 48.1 Å². The molecule has 216 valence electrons. The summed E-state index contributed by atoms with van der Waals surface area (Å²) in [5, 5.41) is 4.17. The fraction of sp³-hybridized carbons (Fsp3) is 0.516. The Labute approximate surface area is 242 Å². The fourth-order valence-corrected chi connectivity index (χ4v) is 5.52. The minimum absolute atomic E-state index is 0.00843. The van der Waals surface area contributed by atoms with Crippen molar-refractivity contribution in [1.82, 2.24) is 19.3 Å². The minimum atomic E-state index is -0.381. The van der Waals surface area contributed by atoms with E-state index in [0.29, 0.717) is 30.4 Å². The molecule has 1 aromatic carbocycles. The molecule has 0 amide bonds. The van der Waals surface area contributed by atoms with E-state index in [-0.39, 0.29) is 17.1 Å². The zero-order chi connectivity index (χ0) is 28.7. The van der Waals surface area contributed by atoms with Crippen LogP contribution in [0.5, 0.6) is 0 Å². The maximum atomic E-state index is 13.4. The number of ether oxygens (including phenoxy) is 1. The molecule has 0 saturated carbocycles. The summed E-state index contributed by atoms with van der Waals surface area (Å²) in [5.41, 5.74) is 2.02. The number of aryl methyl sites for hydroxylation is 1. The first-order valence-corrected chi connectivity index (χ1v) is 14.9. The molecule has 1 N–H and O–H groups in total. The zero-order valence-corrected chi connectivity index (χ0v) is 24.8. The highest BCUT2D eigenvalue weighted by Crippen LogP contribution is 2.32. The van der Waals surface area contributed by atoms with Crippen molar-refractivity contribution < 1.29 is 9.53 Å². The number of aromatic nitrogens is 3. The lowest BCUT2D eigenvalue weighted by Gasteiger charge is -2.44. The Bertz CT molecular complexity index is 1360. The van der Waals surface area contributed by atoms with E-state index in [0.717, 1.165) is 74.3 Å². The number of carbonyl (C=O) groups excluding carboxylic acids is 1. The monoisotopic (exact) mass is 567 g/mol. The summed E-state index contributed by atoms with van der Waals surface area (Å²) in [7, 11) is 0. The summed E-state index contributed by atoms with van der Waals surface area (Å²) in [4.78, 5) is 31.8. The lowest BCUT2D eigenvalue weighted by molar-refractivity contribution is -0.117. The van der Waals surface area contributed by atoms with Gasteiger partial charge in [-0.15, -0.1) is 0 Å². The number of anilines is 1. The highest BCUT2D eigenvalue weighted by Gasteiger charge is 2.41. The van der Waals surface area contributed by atoms with Crippen LogP contribution in [0.2, 0.25) is 5.02 Å². The molecule has 2 saturated heterocycles. The Kier molecular flexibility index (Phi) is 10.1. The van der Waals surface area contributed by atoms with Crippen molar-refractivity contribution in [1.29, 1.82) is 0 Å². The molecular weight excluding hydrogens is 526 g/mol. The molecule has 1 atom stereocenters. The van der Waals surface area contributed by atoms with Crippen LogP contribution in [-0.2, 0) is 16.1 Å². The maximum absolute atomic E-state index is 13.4. The van der Waals surface area contributed by atoms with Crippen molar-refractivity contribution in [3.8, 4) is 11.3 Å². The van der Waals surface area contributed by atoms with Gasteiger partial charge in [0.1, 0.15) is 12.1 Å². The number of hydrogen-bond donors (Lipinski definition) is 1. The normalized spacial score (nSPS) is 17.7. The number of rotatable bonds is 11. The molecule has 2 aliphatic heterocycles. The largest absolute Gasteiger partial charge is 0.377 e. The molecule has 3 aromatic rings. The first-order chi connectivity index (χ1) is 19.4. The summed E-state index contributed by atoms with van der Waals surface area (Å²) in [5.74, 6) is 1.50. The van der Waals surface area contributed by atoms with Gasteiger partial charge in [0.25, 0.3) is 5.56 Å². The van der Waals surface area contributed by atoms with Crippen LogP contribution in [0.15, 0.2) is 53.6 Å². The van der Waals surface area contributed by atoms with Crippen molar-refractivity contribution in [2.24, 2.45) is 0 Å². The first kappa shape index (κ1) is 29.9. The van der Waals surface area contributed by atoms with Crippen molar-refractivity contribution in [2.45, 2.75) is 83.8 Å². The van der Waals surface area contributed by atoms with Crippen molar-refractivity contribution >= 4 is 29.5 Å². The second-order valence-corrected chi connectivity index (χ2v) is 11.3. The molecule has 0 aliphatic carbocycles. The predicted molar refractivity (Wildman–Crippen MR) is 162 cm³/mol. The molecule has 2 aliphatic rings. The number of carbonyl (C=O) groups is 1. The Hall–Kier alpha value is -3.10. The third-order valence-corrected chi connectivity index (χ3v) is 7.68. The van der Waals surface area contributed by atoms with Gasteiger partial charge < -0.3 is 19.7 Å². The van der Waals surface area contributed by atoms with Gasteiger partial charge >= 0.3 is 0 Å². The molecule has 9 heteroatoms. The number of fused-ring (bicyclic) bond motifs is 1. The van der Waals surface area contributed by atoms with Gasteiger partial charge in [-0.05, 0) is 31.4 Å². The molecule has 0 bridgehead atoms. The van der Waals surface area contributed by atoms with Crippen LogP contribution in [0.4, 0.5) is 5.82 Å². The highest BCUT2D eigenvalue weighted by atomic mass is 35.5. The molecule has 8 nitrogen and oxygen atoms in total. The number of hydrogen-bond acceptors (Lipinski definition) is 6. The zero-order valence-electron chi connectivity index (χ0n) is 24.0. The number of halogens is 1. The molecule has 2 fully saturated rings. The number of unbranched alkanes of at least 4 members (excludes halogenated alkanes) is 2. The van der Waals surface area contributed by atoms with Crippen LogP contribution >= 0.6 is 11.6 Å². The number of nitrogens with one attached hydrogen (secondary N) is 1. The van der Waals surface area contributed by atoms with Crippen molar-refractivity contribution in [2.75, 3.05) is 24.7 Å². The summed E-state index contributed by atoms with van der Waals surface area (Å²) in [6.45, 7) is 13.4. The standard InChI is InChI=1S/C28H34ClN5O3.C3H8/c1-3-4-5-13-33-25(32-14-6-7-24(32)20(2)31-28(12-15-35)18-37-19-28)16-26(36)34-17-23(30-27(33)34)21-8-10-22(29)11-9-21;1-3-2/h8-11,15-17,24,31H,2-7,12-14,18-19H2,1H3;3H2,1-2H3. The predicted octanol–water partition coefficient (Wildman–Crippen LogP) is 5.85. The highest BCUT2D eigenvalue weighted by molar-refractivity contribution is 6.30. The molecular formula is C31H42ClN5O3. The van der Waals surface area contributed by atoms with E-state index in [9.17, 15) is 9.59 Å². The summed E-state index contributed by atoms with van der Waals surface area (Å²) >= 11 is 6.08. The third-order valence-electron chi connectivity index (χ3n) is 7.43. The fourth-order valence-electron chi connectivity index (χ4n) is 5.39. The van der Waals surface area contributed by atoms with Gasteiger partial charge in [-0.1, -0.05) is 70.3 Å². The van der Waals surface area contributed by atoms with Gasteiger partial charge in [-0.25, -0.2) is 4.98 Å². The summed E-state index contributed by atoms with van der Waals surface area (Å²) in [6, 6.07) is 9.24. The van der Waals surface area contributed by atoms with Crippen molar-refractivity contribution in [3.63, 3.8) is 0 Å². The van der Waals surface area contributed by atoms with E-state index >= 15 is 0 Å². The molecule has 0 radical (unpaired) electrons. The van der Waals surface area contributed by atoms with Crippen LogP contribution < -0.4 is 15.8 Å². The Morgan fingerprint density at radius 3 is 2.58 bits per heavy atom. The lowest BCUT2D eigenvalue weighted by Crippen LogP contribution is -2.61. The van der Waals surface area contributed by atoms with E-state index < -0.39 is 0 Å².